The summed E-state index contributed by atoms with van der Waals surface area (Å²) in [7, 11) is -4.15. The van der Waals surface area contributed by atoms with Crippen LogP contribution in [0.2, 0.25) is 0 Å². The number of amides is 2. The van der Waals surface area contributed by atoms with Gasteiger partial charge < -0.3 is 15.1 Å². The highest BCUT2D eigenvalue weighted by Crippen LogP contribution is 2.26. The van der Waals surface area contributed by atoms with Gasteiger partial charge in [-0.3, -0.25) is 14.4 Å². The highest BCUT2D eigenvalue weighted by atomic mass is 32.2. The van der Waals surface area contributed by atoms with Crippen molar-refractivity contribution in [3.63, 3.8) is 0 Å². The number of para-hydroxylation sites is 2. The second-order valence-corrected chi connectivity index (χ2v) is 9.85. The number of piperidine rings is 1. The number of hydrogen-bond donors (Lipinski definition) is 1. The van der Waals surface area contributed by atoms with Gasteiger partial charge in [0.15, 0.2) is 5.75 Å². The summed E-state index contributed by atoms with van der Waals surface area (Å²) >= 11 is 0. The van der Waals surface area contributed by atoms with Crippen LogP contribution >= 0.6 is 0 Å². The number of carbonyl (C=O) groups excluding carboxylic acids is 3. The first-order chi connectivity index (χ1) is 17.3. The summed E-state index contributed by atoms with van der Waals surface area (Å²) < 4.78 is 27.7. The third-order valence-corrected chi connectivity index (χ3v) is 7.20. The van der Waals surface area contributed by atoms with Crippen LogP contribution in [-0.2, 0) is 19.6 Å². The van der Waals surface area contributed by atoms with Gasteiger partial charge in [0.25, 0.3) is 15.9 Å². The zero-order chi connectivity index (χ0) is 25.5. The van der Waals surface area contributed by atoms with Crippen molar-refractivity contribution in [1.82, 2.24) is 10.2 Å². The molecule has 10 heteroatoms. The van der Waals surface area contributed by atoms with E-state index in [1.807, 2.05) is 0 Å². The number of nitrogens with one attached hydrogen (secondary N) is 1. The summed E-state index contributed by atoms with van der Waals surface area (Å²) in [6.07, 6.45) is 0.646. The first kappa shape index (κ1) is 24.9. The molecule has 0 aromatic heterocycles. The van der Waals surface area contributed by atoms with E-state index < -0.39 is 15.9 Å². The Kier molecular flexibility index (Phi) is 7.65. The number of Topliss-reactive ketones (excluding diaryl/α,β-unsaturated/α-hetero) is 1. The minimum absolute atomic E-state index is 0.0760. The molecule has 186 valence electrons. The van der Waals surface area contributed by atoms with Gasteiger partial charge in [0.05, 0.1) is 17.1 Å². The van der Waals surface area contributed by atoms with Crippen LogP contribution in [0, 0.1) is 0 Å². The molecule has 1 fully saturated rings. The normalized spacial score (nSPS) is 13.7. The SMILES string of the molecule is O=C1CCN(C(=O)CNC(=O)c2ccc(S(=O)(=O)N(Oc3ccccc3)c3ccccc3)cc2)CC1. The van der Waals surface area contributed by atoms with E-state index in [2.05, 4.69) is 5.32 Å². The Morgan fingerprint density at radius 3 is 2.06 bits per heavy atom. The fraction of sp³-hybridized carbons (Fsp3) is 0.192. The van der Waals surface area contributed by atoms with Crippen molar-refractivity contribution in [2.24, 2.45) is 0 Å². The number of anilines is 1. The second-order valence-electron chi connectivity index (χ2n) is 8.10. The molecule has 1 heterocycles. The van der Waals surface area contributed by atoms with Gasteiger partial charge in [0, 0.05) is 31.5 Å². The Hall–Kier alpha value is -4.18. The smallest absolute Gasteiger partial charge is 0.295 e. The summed E-state index contributed by atoms with van der Waals surface area (Å²) in [5, 5.41) is 2.55. The fourth-order valence-corrected chi connectivity index (χ4v) is 4.87. The number of rotatable bonds is 8. The molecule has 0 atom stereocenters. The van der Waals surface area contributed by atoms with Crippen molar-refractivity contribution in [3.05, 3.63) is 90.5 Å². The second kappa shape index (κ2) is 11.0. The molecule has 3 aromatic carbocycles. The topological polar surface area (TPSA) is 113 Å². The van der Waals surface area contributed by atoms with Crippen LogP contribution in [0.25, 0.3) is 0 Å². The third-order valence-electron chi connectivity index (χ3n) is 5.61. The van der Waals surface area contributed by atoms with Crippen LogP contribution in [-0.4, -0.2) is 50.5 Å². The molecular formula is C26H25N3O6S. The molecule has 0 spiro atoms. The maximum atomic E-state index is 13.5. The zero-order valence-electron chi connectivity index (χ0n) is 19.4. The van der Waals surface area contributed by atoms with E-state index in [1.165, 1.54) is 24.3 Å². The molecule has 9 nitrogen and oxygen atoms in total. The molecule has 0 radical (unpaired) electrons. The molecule has 0 aliphatic carbocycles. The first-order valence-corrected chi connectivity index (χ1v) is 12.8. The van der Waals surface area contributed by atoms with Crippen molar-refractivity contribution in [2.45, 2.75) is 17.7 Å². The Balaban J connectivity index is 1.47. The summed E-state index contributed by atoms with van der Waals surface area (Å²) in [6, 6.07) is 22.3. The van der Waals surface area contributed by atoms with Crippen molar-refractivity contribution in [2.75, 3.05) is 24.1 Å². The van der Waals surface area contributed by atoms with Gasteiger partial charge >= 0.3 is 0 Å². The van der Waals surface area contributed by atoms with Crippen LogP contribution in [0.15, 0.2) is 89.8 Å². The van der Waals surface area contributed by atoms with Crippen molar-refractivity contribution in [3.8, 4) is 5.75 Å². The monoisotopic (exact) mass is 507 g/mol. The lowest BCUT2D eigenvalue weighted by molar-refractivity contribution is -0.133. The molecule has 1 aliphatic rings. The van der Waals surface area contributed by atoms with Crippen LogP contribution in [0.5, 0.6) is 5.75 Å². The van der Waals surface area contributed by atoms with Gasteiger partial charge in [-0.2, -0.15) is 8.42 Å². The Morgan fingerprint density at radius 1 is 0.861 bits per heavy atom. The summed E-state index contributed by atoms with van der Waals surface area (Å²) in [6.45, 7) is 0.492. The van der Waals surface area contributed by atoms with Crippen molar-refractivity contribution in [1.29, 1.82) is 0 Å². The fourth-order valence-electron chi connectivity index (χ4n) is 3.62. The lowest BCUT2D eigenvalue weighted by atomic mass is 10.1. The maximum absolute atomic E-state index is 13.5. The highest BCUT2D eigenvalue weighted by Gasteiger charge is 2.28. The summed E-state index contributed by atoms with van der Waals surface area (Å²) in [4.78, 5) is 43.3. The average molecular weight is 508 g/mol. The lowest BCUT2D eigenvalue weighted by Gasteiger charge is -2.26. The number of ketones is 1. The highest BCUT2D eigenvalue weighted by molar-refractivity contribution is 7.92. The maximum Gasteiger partial charge on any atom is 0.295 e. The van der Waals surface area contributed by atoms with Gasteiger partial charge in [-0.15, -0.1) is 0 Å². The van der Waals surface area contributed by atoms with E-state index in [4.69, 9.17) is 4.84 Å². The lowest BCUT2D eigenvalue weighted by Crippen LogP contribution is -2.44. The third kappa shape index (κ3) is 5.89. The first-order valence-electron chi connectivity index (χ1n) is 11.4. The molecule has 1 aliphatic heterocycles. The average Bonchev–Trinajstić information content (AvgIpc) is 2.91. The number of benzene rings is 3. The van der Waals surface area contributed by atoms with Crippen molar-refractivity contribution < 1.29 is 27.6 Å². The minimum atomic E-state index is -4.15. The van der Waals surface area contributed by atoms with E-state index >= 15 is 0 Å². The molecule has 1 N–H and O–H groups in total. The van der Waals surface area contributed by atoms with Crippen LogP contribution < -0.4 is 14.6 Å². The molecule has 4 rings (SSSR count). The largest absolute Gasteiger partial charge is 0.364 e. The van der Waals surface area contributed by atoms with E-state index in [-0.39, 0.29) is 28.7 Å². The van der Waals surface area contributed by atoms with Crippen LogP contribution in [0.1, 0.15) is 23.2 Å². The van der Waals surface area contributed by atoms with Crippen LogP contribution in [0.4, 0.5) is 5.69 Å². The molecule has 2 amide bonds. The molecule has 36 heavy (non-hydrogen) atoms. The molecular weight excluding hydrogens is 482 g/mol. The molecule has 1 saturated heterocycles. The Bertz CT molecular complexity index is 1320. The minimum Gasteiger partial charge on any atom is -0.364 e. The number of carbonyl (C=O) groups is 3. The number of likely N-dealkylation sites (tertiary alicyclic amines) is 1. The molecule has 0 unspecified atom stereocenters. The number of hydrogen-bond acceptors (Lipinski definition) is 6. The van der Waals surface area contributed by atoms with Crippen molar-refractivity contribution >= 4 is 33.3 Å². The predicted octanol–water partition coefficient (Wildman–Crippen LogP) is 2.80. The quantitative estimate of drug-likeness (QED) is 0.469. The van der Waals surface area contributed by atoms with Gasteiger partial charge in [0.2, 0.25) is 5.91 Å². The predicted molar refractivity (Wildman–Crippen MR) is 133 cm³/mol. The van der Waals surface area contributed by atoms with Gasteiger partial charge in [0.1, 0.15) is 5.78 Å². The number of nitrogens with zero attached hydrogens (tertiary/aromatic N) is 2. The van der Waals surface area contributed by atoms with E-state index in [0.717, 1.165) is 4.47 Å². The van der Waals surface area contributed by atoms with Gasteiger partial charge in [-0.05, 0) is 48.5 Å². The van der Waals surface area contributed by atoms with E-state index in [1.54, 1.807) is 65.6 Å². The molecule has 0 bridgehead atoms. The standard InChI is InChI=1S/C26H25N3O6S/c30-22-15-17-28(18-16-22)25(31)19-27-26(32)20-11-13-24(14-12-20)36(33,34)29(21-7-3-1-4-8-21)35-23-9-5-2-6-10-23/h1-14H,15-19H2,(H,27,32). The molecule has 3 aromatic rings. The van der Waals surface area contributed by atoms with E-state index in [9.17, 15) is 22.8 Å². The zero-order valence-corrected chi connectivity index (χ0v) is 20.2. The Labute approximate surface area is 209 Å². The van der Waals surface area contributed by atoms with Crippen LogP contribution in [0.3, 0.4) is 0 Å². The van der Waals surface area contributed by atoms with Gasteiger partial charge in [-0.25, -0.2) is 0 Å². The van der Waals surface area contributed by atoms with E-state index in [0.29, 0.717) is 37.4 Å². The summed E-state index contributed by atoms with van der Waals surface area (Å²) in [5.41, 5.74) is 0.506. The van der Waals surface area contributed by atoms with Gasteiger partial charge in [-0.1, -0.05) is 40.9 Å². The Morgan fingerprint density at radius 2 is 1.44 bits per heavy atom. The number of sulfonamides is 1. The molecule has 0 saturated carbocycles. The summed E-state index contributed by atoms with van der Waals surface area (Å²) in [5.74, 6) is -0.325.